The molecule has 2 heterocycles. The predicted octanol–water partition coefficient (Wildman–Crippen LogP) is 2.08. The largest absolute Gasteiger partial charge is 0.506 e. The van der Waals surface area contributed by atoms with Crippen LogP contribution in [0.2, 0.25) is 0 Å². The molecule has 3 N–H and O–H groups in total. The number of pyridine rings is 1. The molecule has 0 aliphatic rings. The number of H-pyrrole nitrogens is 1. The van der Waals surface area contributed by atoms with Crippen molar-refractivity contribution in [3.8, 4) is 17.0 Å². The minimum atomic E-state index is -0.879. The van der Waals surface area contributed by atoms with E-state index in [1.807, 2.05) is 42.8 Å². The van der Waals surface area contributed by atoms with Crippen LogP contribution in [0.5, 0.6) is 5.75 Å². The molecule has 0 unspecified atom stereocenters. The Labute approximate surface area is 149 Å². The molecule has 0 aliphatic carbocycles. The van der Waals surface area contributed by atoms with Gasteiger partial charge in [-0.05, 0) is 30.2 Å². The van der Waals surface area contributed by atoms with Crippen molar-refractivity contribution in [2.75, 3.05) is 7.11 Å². The van der Waals surface area contributed by atoms with Crippen LogP contribution in [0, 0.1) is 0 Å². The fraction of sp³-hybridized carbons (Fsp3) is 0.263. The molecule has 0 radical (unpaired) electrons. The summed E-state index contributed by atoms with van der Waals surface area (Å²) >= 11 is 0. The standard InChI is InChI=1S/C19H20N2O5/c1-4-13-16(20-18(24)15(17(13)23)19(25)26-3)10-5-6-14-11(7-10)8-12(9-22)21(14)2/h5-8,22H,4,9H2,1-3H3,(H2,20,23,24). The normalized spacial score (nSPS) is 11.1. The fourth-order valence-corrected chi connectivity index (χ4v) is 3.22. The van der Waals surface area contributed by atoms with Gasteiger partial charge in [0.2, 0.25) is 0 Å². The zero-order valence-electron chi connectivity index (χ0n) is 14.8. The van der Waals surface area contributed by atoms with Crippen LogP contribution in [0.15, 0.2) is 29.1 Å². The minimum absolute atomic E-state index is 0.0772. The molecule has 0 saturated carbocycles. The van der Waals surface area contributed by atoms with Crippen molar-refractivity contribution in [2.24, 2.45) is 7.05 Å². The molecule has 0 saturated heterocycles. The SMILES string of the molecule is CCc1c(-c2ccc3c(c2)cc(CO)n3C)[nH]c(=O)c(C(=O)OC)c1O. The van der Waals surface area contributed by atoms with Gasteiger partial charge in [0.25, 0.3) is 5.56 Å². The highest BCUT2D eigenvalue weighted by Crippen LogP contribution is 2.32. The molecule has 3 aromatic rings. The number of ether oxygens (including phenoxy) is 1. The van der Waals surface area contributed by atoms with E-state index in [4.69, 9.17) is 0 Å². The van der Waals surface area contributed by atoms with Gasteiger partial charge in [0.05, 0.1) is 19.4 Å². The predicted molar refractivity (Wildman–Crippen MR) is 97.3 cm³/mol. The quantitative estimate of drug-likeness (QED) is 0.621. The summed E-state index contributed by atoms with van der Waals surface area (Å²) in [5.41, 5.74) is 2.23. The second-order valence-electron chi connectivity index (χ2n) is 6.00. The number of aromatic amines is 1. The Morgan fingerprint density at radius 2 is 2.04 bits per heavy atom. The fourth-order valence-electron chi connectivity index (χ4n) is 3.22. The summed E-state index contributed by atoms with van der Waals surface area (Å²) in [4.78, 5) is 26.8. The summed E-state index contributed by atoms with van der Waals surface area (Å²) in [6.07, 6.45) is 0.413. The number of hydrogen-bond donors (Lipinski definition) is 3. The number of carbonyl (C=O) groups is 1. The third kappa shape index (κ3) is 2.66. The monoisotopic (exact) mass is 356 g/mol. The average Bonchev–Trinajstić information content (AvgIpc) is 2.96. The van der Waals surface area contributed by atoms with Crippen LogP contribution < -0.4 is 5.56 Å². The number of aromatic nitrogens is 2. The number of methoxy groups -OCH3 is 1. The van der Waals surface area contributed by atoms with Crippen molar-refractivity contribution in [1.29, 1.82) is 0 Å². The summed E-state index contributed by atoms with van der Waals surface area (Å²) in [6, 6.07) is 7.44. The Morgan fingerprint density at radius 1 is 1.31 bits per heavy atom. The number of benzene rings is 1. The van der Waals surface area contributed by atoms with Gasteiger partial charge in [0.15, 0.2) is 5.56 Å². The van der Waals surface area contributed by atoms with E-state index in [1.54, 1.807) is 0 Å². The number of fused-ring (bicyclic) bond motifs is 1. The van der Waals surface area contributed by atoms with Gasteiger partial charge in [-0.2, -0.15) is 0 Å². The highest BCUT2D eigenvalue weighted by Gasteiger charge is 2.23. The van der Waals surface area contributed by atoms with Crippen LogP contribution in [0.3, 0.4) is 0 Å². The number of aliphatic hydroxyl groups excluding tert-OH is 1. The number of aromatic hydroxyl groups is 1. The van der Waals surface area contributed by atoms with E-state index in [1.165, 1.54) is 0 Å². The highest BCUT2D eigenvalue weighted by atomic mass is 16.5. The molecule has 0 amide bonds. The number of esters is 1. The van der Waals surface area contributed by atoms with Crippen molar-refractivity contribution in [3.63, 3.8) is 0 Å². The van der Waals surface area contributed by atoms with E-state index in [0.717, 1.165) is 23.7 Å². The van der Waals surface area contributed by atoms with Gasteiger partial charge < -0.3 is 24.5 Å². The van der Waals surface area contributed by atoms with Crippen LogP contribution in [-0.4, -0.2) is 32.8 Å². The highest BCUT2D eigenvalue weighted by molar-refractivity contribution is 5.94. The topological polar surface area (TPSA) is 105 Å². The van der Waals surface area contributed by atoms with Crippen LogP contribution in [-0.2, 0) is 24.8 Å². The van der Waals surface area contributed by atoms with E-state index >= 15 is 0 Å². The van der Waals surface area contributed by atoms with Gasteiger partial charge in [0.1, 0.15) is 5.75 Å². The van der Waals surface area contributed by atoms with E-state index < -0.39 is 17.1 Å². The molecular weight excluding hydrogens is 336 g/mol. The molecule has 0 aliphatic heterocycles. The van der Waals surface area contributed by atoms with Gasteiger partial charge in [-0.25, -0.2) is 4.79 Å². The second-order valence-corrected chi connectivity index (χ2v) is 6.00. The first kappa shape index (κ1) is 17.8. The molecule has 26 heavy (non-hydrogen) atoms. The summed E-state index contributed by atoms with van der Waals surface area (Å²) in [5, 5.41) is 20.8. The van der Waals surface area contributed by atoms with Crippen molar-refractivity contribution >= 4 is 16.9 Å². The van der Waals surface area contributed by atoms with Crippen molar-refractivity contribution in [1.82, 2.24) is 9.55 Å². The lowest BCUT2D eigenvalue weighted by molar-refractivity contribution is 0.0595. The molecule has 0 atom stereocenters. The van der Waals surface area contributed by atoms with Gasteiger partial charge >= 0.3 is 5.97 Å². The minimum Gasteiger partial charge on any atom is -0.506 e. The molecule has 0 bridgehead atoms. The number of nitrogens with one attached hydrogen (secondary N) is 1. The van der Waals surface area contributed by atoms with Crippen LogP contribution in [0.25, 0.3) is 22.2 Å². The van der Waals surface area contributed by atoms with Gasteiger partial charge in [-0.1, -0.05) is 13.0 Å². The Bertz CT molecular complexity index is 1060. The summed E-state index contributed by atoms with van der Waals surface area (Å²) in [5.74, 6) is -1.24. The zero-order valence-corrected chi connectivity index (χ0v) is 14.8. The number of rotatable bonds is 4. The molecule has 1 aromatic carbocycles. The number of aryl methyl sites for hydroxylation is 1. The Morgan fingerprint density at radius 3 is 2.65 bits per heavy atom. The first-order valence-corrected chi connectivity index (χ1v) is 8.18. The summed E-state index contributed by atoms with van der Waals surface area (Å²) in [7, 11) is 3.02. The lowest BCUT2D eigenvalue weighted by Gasteiger charge is -2.13. The van der Waals surface area contributed by atoms with Crippen molar-refractivity contribution in [2.45, 2.75) is 20.0 Å². The zero-order chi connectivity index (χ0) is 19.0. The van der Waals surface area contributed by atoms with Gasteiger partial charge in [-0.15, -0.1) is 0 Å². The maximum Gasteiger partial charge on any atom is 0.347 e. The lowest BCUT2D eigenvalue weighted by atomic mass is 9.99. The maximum absolute atomic E-state index is 12.3. The molecule has 2 aromatic heterocycles. The van der Waals surface area contributed by atoms with E-state index in [9.17, 15) is 19.8 Å². The number of nitrogens with zero attached hydrogens (tertiary/aromatic N) is 1. The smallest absolute Gasteiger partial charge is 0.347 e. The molecule has 0 fully saturated rings. The Kier molecular flexibility index (Phi) is 4.56. The number of hydrogen-bond acceptors (Lipinski definition) is 5. The first-order valence-electron chi connectivity index (χ1n) is 8.18. The van der Waals surface area contributed by atoms with Crippen LogP contribution >= 0.6 is 0 Å². The van der Waals surface area contributed by atoms with E-state index in [2.05, 4.69) is 9.72 Å². The first-order chi connectivity index (χ1) is 12.4. The third-order valence-corrected chi connectivity index (χ3v) is 4.63. The van der Waals surface area contributed by atoms with Gasteiger partial charge in [-0.3, -0.25) is 4.79 Å². The van der Waals surface area contributed by atoms with Crippen LogP contribution in [0.4, 0.5) is 0 Å². The lowest BCUT2D eigenvalue weighted by Crippen LogP contribution is -2.21. The van der Waals surface area contributed by atoms with E-state index in [0.29, 0.717) is 23.2 Å². The maximum atomic E-state index is 12.3. The van der Waals surface area contributed by atoms with Gasteiger partial charge in [0, 0.05) is 29.2 Å². The van der Waals surface area contributed by atoms with Crippen molar-refractivity contribution in [3.05, 3.63) is 51.4 Å². The molecule has 3 rings (SSSR count). The Hall–Kier alpha value is -3.06. The van der Waals surface area contributed by atoms with Crippen molar-refractivity contribution < 1.29 is 19.7 Å². The summed E-state index contributed by atoms with van der Waals surface area (Å²) < 4.78 is 6.47. The third-order valence-electron chi connectivity index (χ3n) is 4.63. The average molecular weight is 356 g/mol. The second kappa shape index (κ2) is 6.68. The van der Waals surface area contributed by atoms with Crippen LogP contribution in [0.1, 0.15) is 28.5 Å². The number of carbonyl (C=O) groups excluding carboxylic acids is 1. The van der Waals surface area contributed by atoms with E-state index in [-0.39, 0.29) is 12.4 Å². The number of aliphatic hydroxyl groups is 1. The molecular formula is C19H20N2O5. The molecule has 7 nitrogen and oxygen atoms in total. The Balaban J connectivity index is 2.25. The molecule has 7 heteroatoms. The molecule has 0 spiro atoms. The summed E-state index contributed by atoms with van der Waals surface area (Å²) in [6.45, 7) is 1.75. The molecule has 136 valence electrons.